The van der Waals surface area contributed by atoms with Crippen molar-refractivity contribution in [2.24, 2.45) is 0 Å². The molecule has 0 aromatic heterocycles. The normalized spacial score (nSPS) is 13.2. The van der Waals surface area contributed by atoms with Crippen LogP contribution in [0.2, 0.25) is 0 Å². The molecule has 0 aliphatic rings. The van der Waals surface area contributed by atoms with Crippen LogP contribution in [0.3, 0.4) is 0 Å². The molecule has 0 amide bonds. The van der Waals surface area contributed by atoms with Crippen LogP contribution < -0.4 is 0 Å². The molecule has 0 saturated carbocycles. The highest BCUT2D eigenvalue weighted by Crippen LogP contribution is 2.28. The topological polar surface area (TPSA) is 68.3 Å². The van der Waals surface area contributed by atoms with Gasteiger partial charge in [-0.15, -0.1) is 0 Å². The summed E-state index contributed by atoms with van der Waals surface area (Å²) < 4.78 is 50.6. The van der Waals surface area contributed by atoms with Gasteiger partial charge in [-0.3, -0.25) is 0 Å². The smallest absolute Gasteiger partial charge is 0.207 e. The quantitative estimate of drug-likeness (QED) is 0.743. The van der Waals surface area contributed by atoms with Crippen molar-refractivity contribution in [1.29, 1.82) is 0 Å². The van der Waals surface area contributed by atoms with Crippen LogP contribution >= 0.6 is 0 Å². The minimum atomic E-state index is -4.51. The van der Waals surface area contributed by atoms with Crippen molar-refractivity contribution in [3.05, 3.63) is 59.7 Å². The van der Waals surface area contributed by atoms with Crippen LogP contribution in [0.1, 0.15) is 51.7 Å². The van der Waals surface area contributed by atoms with E-state index in [0.717, 1.165) is 11.1 Å². The minimum Gasteiger partial charge on any atom is -0.207 e. The lowest BCUT2D eigenvalue weighted by atomic mass is 9.87. The zero-order chi connectivity index (χ0) is 19.0. The van der Waals surface area contributed by atoms with Gasteiger partial charge >= 0.3 is 0 Å². The summed E-state index contributed by atoms with van der Waals surface area (Å²) in [6.45, 7) is 9.98. The third-order valence-electron chi connectivity index (χ3n) is 4.13. The first-order chi connectivity index (χ1) is 11.4. The van der Waals surface area contributed by atoms with Crippen molar-refractivity contribution in [1.82, 2.24) is 0 Å². The summed E-state index contributed by atoms with van der Waals surface area (Å²) in [5.41, 5.74) is 1.74. The maximum absolute atomic E-state index is 12.6. The van der Waals surface area contributed by atoms with Crippen molar-refractivity contribution in [3.8, 4) is 0 Å². The monoisotopic (exact) mass is 380 g/mol. The summed E-state index contributed by atoms with van der Waals surface area (Å²) in [5, 5.41) is 0. The zero-order valence-corrected chi connectivity index (χ0v) is 16.8. The third-order valence-corrected chi connectivity index (χ3v) is 9.30. The minimum absolute atomic E-state index is 0.145. The molecule has 2 rings (SSSR count). The Balaban J connectivity index is 2.47. The second-order valence-corrected chi connectivity index (χ2v) is 12.8. The van der Waals surface area contributed by atoms with E-state index < -0.39 is 17.7 Å². The summed E-state index contributed by atoms with van der Waals surface area (Å²) in [7, 11) is -9.02. The van der Waals surface area contributed by atoms with E-state index in [1.54, 1.807) is 24.3 Å². The molecule has 0 N–H and O–H groups in total. The van der Waals surface area contributed by atoms with E-state index in [-0.39, 0.29) is 21.1 Å². The molecule has 0 radical (unpaired) electrons. The fourth-order valence-electron chi connectivity index (χ4n) is 2.39. The van der Waals surface area contributed by atoms with Gasteiger partial charge in [0, 0.05) is 0 Å². The lowest BCUT2D eigenvalue weighted by Gasteiger charge is -2.19. The lowest BCUT2D eigenvalue weighted by molar-refractivity contribution is 0.581. The van der Waals surface area contributed by atoms with E-state index in [0.29, 0.717) is 0 Å². The molecule has 0 saturated heterocycles. The second-order valence-electron chi connectivity index (χ2n) is 7.41. The van der Waals surface area contributed by atoms with Gasteiger partial charge in [-0.2, -0.15) is 0 Å². The standard InChI is InChI=1S/C19H24O4S2/c1-14(2)15-6-10-17(11-7-15)24(20,21)25(22,23)18-12-8-16(9-13-18)19(3,4)5/h6-14H,1-5H3. The Morgan fingerprint density at radius 3 is 1.36 bits per heavy atom. The first kappa shape index (κ1) is 19.7. The second kappa shape index (κ2) is 6.57. The SMILES string of the molecule is CC(C)c1ccc(S(=O)(=O)S(=O)(=O)c2ccc(C(C)(C)C)cc2)cc1. The van der Waals surface area contributed by atoms with Gasteiger partial charge in [-0.1, -0.05) is 58.9 Å². The number of hydrogen-bond donors (Lipinski definition) is 0. The summed E-state index contributed by atoms with van der Waals surface area (Å²) in [6.07, 6.45) is 0. The van der Waals surface area contributed by atoms with E-state index in [1.807, 2.05) is 34.6 Å². The molecule has 0 aliphatic heterocycles. The molecule has 25 heavy (non-hydrogen) atoms. The maximum atomic E-state index is 12.6. The van der Waals surface area contributed by atoms with E-state index >= 15 is 0 Å². The molecule has 0 bridgehead atoms. The van der Waals surface area contributed by atoms with Gasteiger partial charge in [0.15, 0.2) is 0 Å². The molecule has 2 aromatic rings. The molecule has 0 unspecified atom stereocenters. The summed E-state index contributed by atoms with van der Waals surface area (Å²) in [4.78, 5) is -0.426. The highest BCUT2D eigenvalue weighted by atomic mass is 33.2. The molecule has 2 aromatic carbocycles. The Bertz CT molecular complexity index is 946. The van der Waals surface area contributed by atoms with Crippen LogP contribution in [0.5, 0.6) is 0 Å². The number of rotatable bonds is 4. The molecule has 0 spiro atoms. The summed E-state index contributed by atoms with van der Waals surface area (Å²) >= 11 is 0. The molecule has 0 fully saturated rings. The van der Waals surface area contributed by atoms with E-state index in [9.17, 15) is 16.8 Å². The van der Waals surface area contributed by atoms with Crippen LogP contribution in [-0.4, -0.2) is 16.8 Å². The van der Waals surface area contributed by atoms with Gasteiger partial charge in [-0.05, 0) is 46.7 Å². The molecule has 4 nitrogen and oxygen atoms in total. The zero-order valence-electron chi connectivity index (χ0n) is 15.1. The van der Waals surface area contributed by atoms with Crippen LogP contribution in [-0.2, 0) is 23.2 Å². The summed E-state index contributed by atoms with van der Waals surface area (Å²) in [5.74, 6) is 0.235. The fourth-order valence-corrected chi connectivity index (χ4v) is 6.03. The van der Waals surface area contributed by atoms with Gasteiger partial charge in [0.05, 0.1) is 9.79 Å². The van der Waals surface area contributed by atoms with Gasteiger partial charge in [-0.25, -0.2) is 16.8 Å². The molecule has 6 heteroatoms. The lowest BCUT2D eigenvalue weighted by Crippen LogP contribution is -2.17. The first-order valence-corrected chi connectivity index (χ1v) is 11.6. The first-order valence-electron chi connectivity index (χ1n) is 8.08. The Hall–Kier alpha value is -1.66. The molecule has 136 valence electrons. The van der Waals surface area contributed by atoms with Gasteiger partial charge in [0.25, 0.3) is 17.7 Å². The van der Waals surface area contributed by atoms with Crippen molar-refractivity contribution in [2.45, 2.75) is 55.7 Å². The van der Waals surface area contributed by atoms with Gasteiger partial charge < -0.3 is 0 Å². The third kappa shape index (κ3) is 3.80. The Morgan fingerprint density at radius 1 is 0.680 bits per heavy atom. The van der Waals surface area contributed by atoms with E-state index in [1.165, 1.54) is 24.3 Å². The van der Waals surface area contributed by atoms with Crippen LogP contribution in [0.25, 0.3) is 0 Å². The van der Waals surface area contributed by atoms with Gasteiger partial charge in [0.2, 0.25) is 0 Å². The van der Waals surface area contributed by atoms with Crippen molar-refractivity contribution in [3.63, 3.8) is 0 Å². The van der Waals surface area contributed by atoms with Crippen LogP contribution in [0.4, 0.5) is 0 Å². The number of benzene rings is 2. The van der Waals surface area contributed by atoms with E-state index in [2.05, 4.69) is 0 Å². The molecule has 0 atom stereocenters. The van der Waals surface area contributed by atoms with Gasteiger partial charge in [0.1, 0.15) is 0 Å². The Morgan fingerprint density at radius 2 is 1.04 bits per heavy atom. The average molecular weight is 381 g/mol. The largest absolute Gasteiger partial charge is 0.286 e. The predicted molar refractivity (Wildman–Crippen MR) is 100 cm³/mol. The fraction of sp³-hybridized carbons (Fsp3) is 0.368. The van der Waals surface area contributed by atoms with Crippen LogP contribution in [0.15, 0.2) is 58.3 Å². The van der Waals surface area contributed by atoms with Crippen molar-refractivity contribution in [2.75, 3.05) is 0 Å². The average Bonchev–Trinajstić information content (AvgIpc) is 2.54. The highest BCUT2D eigenvalue weighted by Gasteiger charge is 2.34. The highest BCUT2D eigenvalue weighted by molar-refractivity contribution is 8.67. The molecule has 0 aliphatic carbocycles. The Kier molecular flexibility index (Phi) is 5.17. The molecular weight excluding hydrogens is 356 g/mol. The van der Waals surface area contributed by atoms with Crippen molar-refractivity contribution >= 4 is 17.7 Å². The summed E-state index contributed by atoms with van der Waals surface area (Å²) in [6, 6.07) is 12.0. The maximum Gasteiger partial charge on any atom is 0.286 e. The predicted octanol–water partition coefficient (Wildman–Crippen LogP) is 4.27. The number of hydrogen-bond acceptors (Lipinski definition) is 4. The molecular formula is C19H24O4S2. The van der Waals surface area contributed by atoms with E-state index in [4.69, 9.17) is 0 Å². The molecule has 0 heterocycles. The Labute approximate surface area is 150 Å². The van der Waals surface area contributed by atoms with Crippen molar-refractivity contribution < 1.29 is 16.8 Å². The van der Waals surface area contributed by atoms with Crippen LogP contribution in [0, 0.1) is 0 Å².